The van der Waals surface area contributed by atoms with E-state index >= 15 is 0 Å². The zero-order valence-corrected chi connectivity index (χ0v) is 9.60. The quantitative estimate of drug-likeness (QED) is 0.517. The normalized spacial score (nSPS) is 22.1. The van der Waals surface area contributed by atoms with Gasteiger partial charge in [-0.25, -0.2) is 0 Å². The van der Waals surface area contributed by atoms with E-state index in [1.807, 2.05) is 0 Å². The van der Waals surface area contributed by atoms with E-state index in [-0.39, 0.29) is 17.1 Å². The van der Waals surface area contributed by atoms with Crippen LogP contribution in [0, 0.1) is 0 Å². The average Bonchev–Trinajstić information content (AvgIpc) is 2.41. The van der Waals surface area contributed by atoms with E-state index in [1.54, 1.807) is 18.8 Å². The summed E-state index contributed by atoms with van der Waals surface area (Å²) in [5.41, 5.74) is 0. The second-order valence-corrected chi connectivity index (χ2v) is 4.87. The van der Waals surface area contributed by atoms with Crippen LogP contribution in [0.3, 0.4) is 0 Å². The second kappa shape index (κ2) is 5.39. The second-order valence-electron chi connectivity index (χ2n) is 3.56. The van der Waals surface area contributed by atoms with E-state index < -0.39 is 0 Å². The summed E-state index contributed by atoms with van der Waals surface area (Å²) in [7, 11) is 1.57. The van der Waals surface area contributed by atoms with Crippen LogP contribution in [0.5, 0.6) is 0 Å². The standard InChI is InChI=1S/C10H17NO2S/c1-3-4-5-6-14-8-7-9(12)11(2)10(8)13/h8H,3-7H2,1-2H3. The molecule has 1 rings (SSSR count). The number of likely N-dealkylation sites (tertiary alicyclic amines) is 1. The van der Waals surface area contributed by atoms with Gasteiger partial charge in [0.05, 0.1) is 5.25 Å². The van der Waals surface area contributed by atoms with Crippen molar-refractivity contribution in [2.75, 3.05) is 12.8 Å². The number of carbonyl (C=O) groups is 2. The van der Waals surface area contributed by atoms with Crippen LogP contribution >= 0.6 is 11.8 Å². The topological polar surface area (TPSA) is 37.4 Å². The van der Waals surface area contributed by atoms with E-state index in [0.717, 1.165) is 12.2 Å². The summed E-state index contributed by atoms with van der Waals surface area (Å²) in [5.74, 6) is 0.935. The third-order valence-electron chi connectivity index (χ3n) is 2.41. The summed E-state index contributed by atoms with van der Waals surface area (Å²) in [6, 6.07) is 0. The van der Waals surface area contributed by atoms with Crippen molar-refractivity contribution < 1.29 is 9.59 Å². The Labute approximate surface area is 89.2 Å². The molecule has 0 N–H and O–H groups in total. The van der Waals surface area contributed by atoms with Crippen LogP contribution in [0.1, 0.15) is 32.6 Å². The van der Waals surface area contributed by atoms with Crippen LogP contribution in [-0.2, 0) is 9.59 Å². The first-order valence-corrected chi connectivity index (χ1v) is 6.13. The maximum Gasteiger partial charge on any atom is 0.242 e. The van der Waals surface area contributed by atoms with Crippen molar-refractivity contribution in [1.29, 1.82) is 0 Å². The molecular formula is C10H17NO2S. The summed E-state index contributed by atoms with van der Waals surface area (Å²) >= 11 is 1.63. The Morgan fingerprint density at radius 2 is 2.14 bits per heavy atom. The Bertz CT molecular complexity index is 230. The highest BCUT2D eigenvalue weighted by atomic mass is 32.2. The zero-order valence-electron chi connectivity index (χ0n) is 8.78. The van der Waals surface area contributed by atoms with E-state index in [9.17, 15) is 9.59 Å². The number of imide groups is 1. The molecule has 0 aromatic rings. The molecule has 0 bridgehead atoms. The SMILES string of the molecule is CCCCCSC1CC(=O)N(C)C1=O. The molecule has 1 unspecified atom stereocenters. The number of hydrogen-bond donors (Lipinski definition) is 0. The summed E-state index contributed by atoms with van der Waals surface area (Å²) in [5, 5.41) is -0.107. The number of hydrogen-bond acceptors (Lipinski definition) is 3. The number of unbranched alkanes of at least 4 members (excludes halogenated alkanes) is 2. The minimum Gasteiger partial charge on any atom is -0.285 e. The van der Waals surface area contributed by atoms with Gasteiger partial charge < -0.3 is 0 Å². The maximum absolute atomic E-state index is 11.5. The summed E-state index contributed by atoms with van der Waals surface area (Å²) in [6.07, 6.45) is 3.94. The fourth-order valence-corrected chi connectivity index (χ4v) is 2.65. The van der Waals surface area contributed by atoms with Gasteiger partial charge >= 0.3 is 0 Å². The minimum atomic E-state index is -0.107. The van der Waals surface area contributed by atoms with Crippen molar-refractivity contribution in [2.45, 2.75) is 37.9 Å². The molecule has 14 heavy (non-hydrogen) atoms. The van der Waals surface area contributed by atoms with E-state index in [0.29, 0.717) is 6.42 Å². The highest BCUT2D eigenvalue weighted by Crippen LogP contribution is 2.24. The van der Waals surface area contributed by atoms with Crippen molar-refractivity contribution >= 4 is 23.6 Å². The Hall–Kier alpha value is -0.510. The molecule has 0 saturated carbocycles. The van der Waals surface area contributed by atoms with Gasteiger partial charge in [-0.15, -0.1) is 11.8 Å². The fourth-order valence-electron chi connectivity index (χ4n) is 1.43. The molecule has 4 heteroatoms. The first kappa shape index (κ1) is 11.6. The zero-order chi connectivity index (χ0) is 10.6. The van der Waals surface area contributed by atoms with E-state index in [4.69, 9.17) is 0 Å². The van der Waals surface area contributed by atoms with Crippen molar-refractivity contribution in [1.82, 2.24) is 4.90 Å². The Kier molecular flexibility index (Phi) is 4.45. The molecular weight excluding hydrogens is 198 g/mol. The molecule has 1 fully saturated rings. The lowest BCUT2D eigenvalue weighted by atomic mass is 10.3. The van der Waals surface area contributed by atoms with Crippen molar-refractivity contribution in [3.63, 3.8) is 0 Å². The first-order chi connectivity index (χ1) is 6.66. The lowest BCUT2D eigenvalue weighted by Crippen LogP contribution is -2.26. The fraction of sp³-hybridized carbons (Fsp3) is 0.800. The lowest BCUT2D eigenvalue weighted by Gasteiger charge is -2.07. The molecule has 1 saturated heterocycles. The molecule has 1 atom stereocenters. The number of rotatable bonds is 5. The van der Waals surface area contributed by atoms with Gasteiger partial charge in [0.1, 0.15) is 0 Å². The van der Waals surface area contributed by atoms with Crippen molar-refractivity contribution in [3.05, 3.63) is 0 Å². The Balaban J connectivity index is 2.26. The van der Waals surface area contributed by atoms with Crippen molar-refractivity contribution in [3.8, 4) is 0 Å². The minimum absolute atomic E-state index is 0.0171. The Morgan fingerprint density at radius 1 is 1.43 bits per heavy atom. The highest BCUT2D eigenvalue weighted by Gasteiger charge is 2.35. The van der Waals surface area contributed by atoms with Crippen LogP contribution in [0.2, 0.25) is 0 Å². The van der Waals surface area contributed by atoms with E-state index in [2.05, 4.69) is 6.92 Å². The summed E-state index contributed by atoms with van der Waals surface area (Å²) in [6.45, 7) is 2.16. The van der Waals surface area contributed by atoms with Gasteiger partial charge in [0, 0.05) is 13.5 Å². The van der Waals surface area contributed by atoms with Gasteiger partial charge in [0.15, 0.2) is 0 Å². The number of nitrogens with zero attached hydrogens (tertiary/aromatic N) is 1. The number of thioether (sulfide) groups is 1. The predicted octanol–water partition coefficient (Wildman–Crippen LogP) is 1.67. The van der Waals surface area contributed by atoms with Crippen LogP contribution in [0.15, 0.2) is 0 Å². The molecule has 80 valence electrons. The van der Waals surface area contributed by atoms with Gasteiger partial charge in [-0.3, -0.25) is 14.5 Å². The molecule has 0 radical (unpaired) electrons. The highest BCUT2D eigenvalue weighted by molar-refractivity contribution is 8.00. The van der Waals surface area contributed by atoms with Crippen LogP contribution in [-0.4, -0.2) is 34.8 Å². The molecule has 0 spiro atoms. The van der Waals surface area contributed by atoms with Crippen LogP contribution in [0.4, 0.5) is 0 Å². The Morgan fingerprint density at radius 3 is 2.64 bits per heavy atom. The number of amides is 2. The molecule has 1 aliphatic heterocycles. The van der Waals surface area contributed by atoms with Crippen LogP contribution < -0.4 is 0 Å². The lowest BCUT2D eigenvalue weighted by molar-refractivity contribution is -0.136. The van der Waals surface area contributed by atoms with Crippen molar-refractivity contribution in [2.24, 2.45) is 0 Å². The maximum atomic E-state index is 11.5. The monoisotopic (exact) mass is 215 g/mol. The largest absolute Gasteiger partial charge is 0.285 e. The van der Waals surface area contributed by atoms with Gasteiger partial charge in [-0.2, -0.15) is 0 Å². The molecule has 3 nitrogen and oxygen atoms in total. The molecule has 0 aliphatic carbocycles. The third kappa shape index (κ3) is 2.74. The summed E-state index contributed by atoms with van der Waals surface area (Å²) < 4.78 is 0. The van der Waals surface area contributed by atoms with Gasteiger partial charge in [-0.05, 0) is 12.2 Å². The molecule has 1 heterocycles. The molecule has 1 aliphatic rings. The van der Waals surface area contributed by atoms with Gasteiger partial charge in [0.25, 0.3) is 0 Å². The van der Waals surface area contributed by atoms with Gasteiger partial charge in [0.2, 0.25) is 11.8 Å². The smallest absolute Gasteiger partial charge is 0.242 e. The average molecular weight is 215 g/mol. The third-order valence-corrected chi connectivity index (χ3v) is 3.70. The number of carbonyl (C=O) groups excluding carboxylic acids is 2. The van der Waals surface area contributed by atoms with Crippen LogP contribution in [0.25, 0.3) is 0 Å². The van der Waals surface area contributed by atoms with E-state index in [1.165, 1.54) is 17.7 Å². The summed E-state index contributed by atoms with van der Waals surface area (Å²) in [4.78, 5) is 23.9. The molecule has 0 aromatic carbocycles. The molecule has 2 amide bonds. The van der Waals surface area contributed by atoms with Gasteiger partial charge in [-0.1, -0.05) is 19.8 Å². The first-order valence-electron chi connectivity index (χ1n) is 5.08. The predicted molar refractivity (Wildman–Crippen MR) is 58.2 cm³/mol. The molecule has 0 aromatic heterocycles.